The van der Waals surface area contributed by atoms with Gasteiger partial charge in [0.2, 0.25) is 5.91 Å². The third-order valence-corrected chi connectivity index (χ3v) is 6.96. The van der Waals surface area contributed by atoms with Crippen molar-refractivity contribution in [2.75, 3.05) is 20.8 Å². The molecule has 0 aromatic heterocycles. The summed E-state index contributed by atoms with van der Waals surface area (Å²) >= 11 is 0. The Morgan fingerprint density at radius 2 is 1.80 bits per heavy atom. The SMILES string of the molecule is COc1cccc(CC(=O)NCC2(OC)C3CC4CC(C3)CC2C4)c1. The molecule has 136 valence electrons. The van der Waals surface area contributed by atoms with E-state index in [1.165, 1.54) is 32.1 Å². The van der Waals surface area contributed by atoms with E-state index in [4.69, 9.17) is 9.47 Å². The predicted octanol–water partition coefficient (Wildman–Crippen LogP) is 3.20. The summed E-state index contributed by atoms with van der Waals surface area (Å²) in [5, 5.41) is 3.18. The van der Waals surface area contributed by atoms with E-state index in [-0.39, 0.29) is 11.5 Å². The number of hydrogen-bond donors (Lipinski definition) is 1. The number of hydrogen-bond acceptors (Lipinski definition) is 3. The van der Waals surface area contributed by atoms with E-state index in [1.807, 2.05) is 31.4 Å². The zero-order valence-corrected chi connectivity index (χ0v) is 15.3. The number of rotatable bonds is 6. The summed E-state index contributed by atoms with van der Waals surface area (Å²) in [6.07, 6.45) is 6.95. The topological polar surface area (TPSA) is 47.6 Å². The lowest BCUT2D eigenvalue weighted by atomic mass is 9.49. The van der Waals surface area contributed by atoms with Gasteiger partial charge in [-0.1, -0.05) is 12.1 Å². The molecule has 4 fully saturated rings. The monoisotopic (exact) mass is 343 g/mol. The summed E-state index contributed by atoms with van der Waals surface area (Å²) in [5.41, 5.74) is 0.839. The minimum absolute atomic E-state index is 0.0680. The van der Waals surface area contributed by atoms with Crippen molar-refractivity contribution in [2.45, 2.75) is 44.1 Å². The summed E-state index contributed by atoms with van der Waals surface area (Å²) in [4.78, 5) is 12.5. The Balaban J connectivity index is 1.40. The molecule has 0 saturated heterocycles. The predicted molar refractivity (Wildman–Crippen MR) is 96.5 cm³/mol. The summed E-state index contributed by atoms with van der Waals surface area (Å²) in [7, 11) is 3.49. The van der Waals surface area contributed by atoms with Crippen LogP contribution < -0.4 is 10.1 Å². The minimum Gasteiger partial charge on any atom is -0.497 e. The van der Waals surface area contributed by atoms with Gasteiger partial charge in [0.1, 0.15) is 5.75 Å². The Hall–Kier alpha value is -1.55. The van der Waals surface area contributed by atoms with Crippen LogP contribution in [0.1, 0.15) is 37.7 Å². The highest BCUT2D eigenvalue weighted by Gasteiger charge is 2.57. The van der Waals surface area contributed by atoms with Crippen LogP contribution in [0.15, 0.2) is 24.3 Å². The largest absolute Gasteiger partial charge is 0.497 e. The molecule has 4 aliphatic carbocycles. The molecule has 0 unspecified atom stereocenters. The van der Waals surface area contributed by atoms with Crippen molar-refractivity contribution in [3.05, 3.63) is 29.8 Å². The van der Waals surface area contributed by atoms with Crippen molar-refractivity contribution < 1.29 is 14.3 Å². The molecule has 1 aromatic carbocycles. The highest BCUT2D eigenvalue weighted by atomic mass is 16.5. The van der Waals surface area contributed by atoms with Gasteiger partial charge in [-0.15, -0.1) is 0 Å². The number of carbonyl (C=O) groups is 1. The molecule has 0 atom stereocenters. The maximum absolute atomic E-state index is 12.5. The quantitative estimate of drug-likeness (QED) is 0.863. The summed E-state index contributed by atoms with van der Waals surface area (Å²) in [5.74, 6) is 3.89. The Bertz CT molecular complexity index is 614. The lowest BCUT2D eigenvalue weighted by Gasteiger charge is -2.60. The summed E-state index contributed by atoms with van der Waals surface area (Å²) in [6.45, 7) is 0.654. The fourth-order valence-corrected chi connectivity index (χ4v) is 5.94. The lowest BCUT2D eigenvalue weighted by Crippen LogP contribution is -2.63. The van der Waals surface area contributed by atoms with Crippen molar-refractivity contribution in [3.8, 4) is 5.75 Å². The second kappa shape index (κ2) is 6.64. The van der Waals surface area contributed by atoms with Crippen LogP contribution in [0.3, 0.4) is 0 Å². The van der Waals surface area contributed by atoms with Gasteiger partial charge < -0.3 is 14.8 Å². The van der Waals surface area contributed by atoms with Gasteiger partial charge in [-0.25, -0.2) is 0 Å². The van der Waals surface area contributed by atoms with Gasteiger partial charge in [0.15, 0.2) is 0 Å². The number of carbonyl (C=O) groups excluding carboxylic acids is 1. The molecule has 0 heterocycles. The highest BCUT2D eigenvalue weighted by Crippen LogP contribution is 2.59. The van der Waals surface area contributed by atoms with Crippen molar-refractivity contribution in [2.24, 2.45) is 23.7 Å². The highest BCUT2D eigenvalue weighted by molar-refractivity contribution is 5.78. The number of methoxy groups -OCH3 is 2. The normalized spacial score (nSPS) is 35.6. The van der Waals surface area contributed by atoms with Crippen LogP contribution in [0.2, 0.25) is 0 Å². The standard InChI is InChI=1S/C21H29NO3/c1-24-19-5-3-4-14(11-19)12-20(23)22-13-21(25-2)17-7-15-6-16(9-17)10-18(21)8-15/h3-5,11,15-18H,6-10,12-13H2,1-2H3,(H,22,23). The number of amides is 1. The van der Waals surface area contributed by atoms with Crippen LogP contribution in [0.5, 0.6) is 5.75 Å². The van der Waals surface area contributed by atoms with Gasteiger partial charge in [0, 0.05) is 13.7 Å². The van der Waals surface area contributed by atoms with Gasteiger partial charge in [0.25, 0.3) is 0 Å². The number of nitrogens with one attached hydrogen (secondary N) is 1. The van der Waals surface area contributed by atoms with Crippen LogP contribution in [0, 0.1) is 23.7 Å². The van der Waals surface area contributed by atoms with Crippen LogP contribution in [-0.4, -0.2) is 32.3 Å². The molecule has 1 aromatic rings. The molecule has 5 rings (SSSR count). The Morgan fingerprint density at radius 1 is 1.12 bits per heavy atom. The number of ether oxygens (including phenoxy) is 2. The van der Waals surface area contributed by atoms with Crippen LogP contribution in [0.25, 0.3) is 0 Å². The molecular formula is C21H29NO3. The van der Waals surface area contributed by atoms with Crippen LogP contribution >= 0.6 is 0 Å². The third-order valence-electron chi connectivity index (χ3n) is 6.96. The maximum Gasteiger partial charge on any atom is 0.224 e. The number of benzene rings is 1. The molecule has 4 nitrogen and oxygen atoms in total. The van der Waals surface area contributed by atoms with E-state index in [9.17, 15) is 4.79 Å². The van der Waals surface area contributed by atoms with Crippen molar-refractivity contribution in [3.63, 3.8) is 0 Å². The molecule has 4 bridgehead atoms. The Labute approximate surface area is 150 Å². The van der Waals surface area contributed by atoms with Gasteiger partial charge in [-0.05, 0) is 73.5 Å². The first-order valence-electron chi connectivity index (χ1n) is 9.57. The maximum atomic E-state index is 12.5. The molecule has 4 aliphatic rings. The Morgan fingerprint density at radius 3 is 2.40 bits per heavy atom. The first-order chi connectivity index (χ1) is 12.1. The second-order valence-corrected chi connectivity index (χ2v) is 8.27. The molecule has 4 heteroatoms. The zero-order valence-electron chi connectivity index (χ0n) is 15.3. The van der Waals surface area contributed by atoms with E-state index in [0.29, 0.717) is 24.8 Å². The van der Waals surface area contributed by atoms with Gasteiger partial charge in [-0.3, -0.25) is 4.79 Å². The zero-order chi connectivity index (χ0) is 17.4. The molecule has 0 aliphatic heterocycles. The van der Waals surface area contributed by atoms with Crippen molar-refractivity contribution in [1.82, 2.24) is 5.32 Å². The van der Waals surface area contributed by atoms with Gasteiger partial charge >= 0.3 is 0 Å². The molecule has 0 radical (unpaired) electrons. The Kier molecular flexibility index (Phi) is 4.48. The summed E-state index contributed by atoms with van der Waals surface area (Å²) in [6, 6.07) is 7.72. The first kappa shape index (κ1) is 16.9. The smallest absolute Gasteiger partial charge is 0.224 e. The second-order valence-electron chi connectivity index (χ2n) is 8.27. The van der Waals surface area contributed by atoms with Gasteiger partial charge in [0.05, 0.1) is 19.1 Å². The van der Waals surface area contributed by atoms with Crippen LogP contribution in [0.4, 0.5) is 0 Å². The molecule has 25 heavy (non-hydrogen) atoms. The lowest BCUT2D eigenvalue weighted by molar-refractivity contribution is -0.188. The van der Waals surface area contributed by atoms with Crippen molar-refractivity contribution in [1.29, 1.82) is 0 Å². The minimum atomic E-state index is -0.141. The summed E-state index contributed by atoms with van der Waals surface area (Å²) < 4.78 is 11.4. The molecule has 1 amide bonds. The molecule has 0 spiro atoms. The van der Waals surface area contributed by atoms with Gasteiger partial charge in [-0.2, -0.15) is 0 Å². The van der Waals surface area contributed by atoms with E-state index in [0.717, 1.165) is 23.1 Å². The average molecular weight is 343 g/mol. The average Bonchev–Trinajstić information content (AvgIpc) is 2.61. The fraction of sp³-hybridized carbons (Fsp3) is 0.667. The van der Waals surface area contributed by atoms with E-state index in [2.05, 4.69) is 5.32 Å². The van der Waals surface area contributed by atoms with E-state index in [1.54, 1.807) is 7.11 Å². The fourth-order valence-electron chi connectivity index (χ4n) is 5.94. The molecular weight excluding hydrogens is 314 g/mol. The molecule has 1 N–H and O–H groups in total. The third kappa shape index (κ3) is 3.05. The molecule has 4 saturated carbocycles. The van der Waals surface area contributed by atoms with E-state index >= 15 is 0 Å². The van der Waals surface area contributed by atoms with Crippen molar-refractivity contribution >= 4 is 5.91 Å². The van der Waals surface area contributed by atoms with E-state index < -0.39 is 0 Å². The van der Waals surface area contributed by atoms with Crippen LogP contribution in [-0.2, 0) is 16.0 Å². The first-order valence-corrected chi connectivity index (χ1v) is 9.57.